The molecule has 18 heavy (non-hydrogen) atoms. The summed E-state index contributed by atoms with van der Waals surface area (Å²) in [7, 11) is 0. The highest BCUT2D eigenvalue weighted by Crippen LogP contribution is 2.30. The van der Waals surface area contributed by atoms with Crippen molar-refractivity contribution in [3.8, 4) is 11.1 Å². The maximum atomic E-state index is 7.25. The zero-order chi connectivity index (χ0) is 12.5. The maximum Gasteiger partial charge on any atom is 0.0460 e. The summed E-state index contributed by atoms with van der Waals surface area (Å²) in [4.78, 5) is 3.25. The fourth-order valence-corrected chi connectivity index (χ4v) is 2.18. The zero-order valence-corrected chi connectivity index (χ0v) is 9.77. The van der Waals surface area contributed by atoms with Crippen LogP contribution in [0.4, 0.5) is 5.69 Å². The number of H-pyrrole nitrogens is 1. The SMILES string of the molecule is N=Cc1ccc(-c2c[nH]c3ccccc23)cc1N. The van der Waals surface area contributed by atoms with E-state index in [2.05, 4.69) is 11.1 Å². The van der Waals surface area contributed by atoms with Crippen LogP contribution in [0, 0.1) is 5.41 Å². The van der Waals surface area contributed by atoms with Gasteiger partial charge in [-0.15, -0.1) is 0 Å². The number of aromatic amines is 1. The predicted octanol–water partition coefficient (Wildman–Crippen LogP) is 3.41. The Kier molecular flexibility index (Phi) is 2.38. The van der Waals surface area contributed by atoms with Crippen LogP contribution in [-0.4, -0.2) is 11.2 Å². The Labute approximate surface area is 105 Å². The molecule has 3 nitrogen and oxygen atoms in total. The Bertz CT molecular complexity index is 725. The molecular formula is C15H13N3. The lowest BCUT2D eigenvalue weighted by molar-refractivity contribution is 1.47. The largest absolute Gasteiger partial charge is 0.398 e. The summed E-state index contributed by atoms with van der Waals surface area (Å²) in [6, 6.07) is 13.9. The van der Waals surface area contributed by atoms with Crippen molar-refractivity contribution in [2.75, 3.05) is 5.73 Å². The Morgan fingerprint density at radius 2 is 1.94 bits per heavy atom. The fraction of sp³-hybridized carbons (Fsp3) is 0. The van der Waals surface area contributed by atoms with Gasteiger partial charge < -0.3 is 16.1 Å². The highest BCUT2D eigenvalue weighted by atomic mass is 14.7. The van der Waals surface area contributed by atoms with Crippen molar-refractivity contribution < 1.29 is 0 Å². The quantitative estimate of drug-likeness (QED) is 0.462. The Balaban J connectivity index is 2.20. The summed E-state index contributed by atoms with van der Waals surface area (Å²) in [5, 5.41) is 8.43. The van der Waals surface area contributed by atoms with Crippen LogP contribution in [0.3, 0.4) is 0 Å². The molecule has 0 saturated heterocycles. The molecule has 3 rings (SSSR count). The number of fused-ring (bicyclic) bond motifs is 1. The second kappa shape index (κ2) is 4.04. The van der Waals surface area contributed by atoms with Crippen LogP contribution in [0.25, 0.3) is 22.0 Å². The smallest absolute Gasteiger partial charge is 0.0460 e. The molecule has 0 bridgehead atoms. The minimum atomic E-state index is 0.632. The van der Waals surface area contributed by atoms with Crippen molar-refractivity contribution in [2.45, 2.75) is 0 Å². The molecule has 88 valence electrons. The van der Waals surface area contributed by atoms with Crippen molar-refractivity contribution in [3.05, 3.63) is 54.2 Å². The monoisotopic (exact) mass is 235 g/mol. The molecule has 1 heterocycles. The summed E-state index contributed by atoms with van der Waals surface area (Å²) < 4.78 is 0. The summed E-state index contributed by atoms with van der Waals surface area (Å²) >= 11 is 0. The van der Waals surface area contributed by atoms with Gasteiger partial charge in [0.05, 0.1) is 0 Å². The van der Waals surface area contributed by atoms with Gasteiger partial charge in [-0.1, -0.05) is 30.3 Å². The first kappa shape index (κ1) is 10.6. The summed E-state index contributed by atoms with van der Waals surface area (Å²) in [6.45, 7) is 0. The number of nitrogen functional groups attached to an aromatic ring is 1. The van der Waals surface area contributed by atoms with Gasteiger partial charge in [0, 0.05) is 40.1 Å². The third kappa shape index (κ3) is 1.57. The molecule has 0 aliphatic rings. The highest BCUT2D eigenvalue weighted by molar-refractivity contribution is 5.97. The Hall–Kier alpha value is -2.55. The van der Waals surface area contributed by atoms with Gasteiger partial charge in [0.1, 0.15) is 0 Å². The summed E-state index contributed by atoms with van der Waals surface area (Å²) in [6.07, 6.45) is 3.26. The fourth-order valence-electron chi connectivity index (χ4n) is 2.18. The van der Waals surface area contributed by atoms with Crippen molar-refractivity contribution >= 4 is 22.8 Å². The van der Waals surface area contributed by atoms with Gasteiger partial charge in [0.25, 0.3) is 0 Å². The average Bonchev–Trinajstić information content (AvgIpc) is 2.82. The van der Waals surface area contributed by atoms with Crippen molar-refractivity contribution in [3.63, 3.8) is 0 Å². The van der Waals surface area contributed by atoms with Crippen LogP contribution in [0.1, 0.15) is 5.56 Å². The van der Waals surface area contributed by atoms with E-state index in [1.165, 1.54) is 11.6 Å². The van der Waals surface area contributed by atoms with Gasteiger partial charge in [0.2, 0.25) is 0 Å². The van der Waals surface area contributed by atoms with Crippen molar-refractivity contribution in [1.82, 2.24) is 4.98 Å². The molecule has 3 aromatic rings. The minimum absolute atomic E-state index is 0.632. The van der Waals surface area contributed by atoms with E-state index in [0.29, 0.717) is 5.69 Å². The number of aromatic nitrogens is 1. The van der Waals surface area contributed by atoms with Gasteiger partial charge >= 0.3 is 0 Å². The molecule has 0 amide bonds. The first-order valence-corrected chi connectivity index (χ1v) is 5.76. The average molecular weight is 235 g/mol. The van der Waals surface area contributed by atoms with Crippen LogP contribution in [0.2, 0.25) is 0 Å². The number of para-hydroxylation sites is 1. The number of anilines is 1. The Morgan fingerprint density at radius 1 is 1.11 bits per heavy atom. The van der Waals surface area contributed by atoms with E-state index in [0.717, 1.165) is 22.2 Å². The molecule has 3 heteroatoms. The lowest BCUT2D eigenvalue weighted by Gasteiger charge is -2.04. The minimum Gasteiger partial charge on any atom is -0.398 e. The molecule has 0 radical (unpaired) electrons. The molecule has 0 fully saturated rings. The molecule has 0 aliphatic heterocycles. The summed E-state index contributed by atoms with van der Waals surface area (Å²) in [5.74, 6) is 0. The van der Waals surface area contributed by atoms with E-state index in [1.807, 2.05) is 42.6 Å². The van der Waals surface area contributed by atoms with E-state index in [-0.39, 0.29) is 0 Å². The lowest BCUT2D eigenvalue weighted by Crippen LogP contribution is -1.92. The Morgan fingerprint density at radius 3 is 2.72 bits per heavy atom. The van der Waals surface area contributed by atoms with Gasteiger partial charge in [-0.25, -0.2) is 0 Å². The predicted molar refractivity (Wildman–Crippen MR) is 76.0 cm³/mol. The highest BCUT2D eigenvalue weighted by Gasteiger charge is 2.06. The van der Waals surface area contributed by atoms with Crippen molar-refractivity contribution in [1.29, 1.82) is 5.41 Å². The number of benzene rings is 2. The molecule has 0 unspecified atom stereocenters. The standard InChI is InChI=1S/C15H13N3/c16-8-11-6-5-10(7-14(11)17)13-9-18-15-4-2-1-3-12(13)15/h1-9,16,18H,17H2. The molecular weight excluding hydrogens is 222 g/mol. The van der Waals surface area contributed by atoms with Crippen LogP contribution >= 0.6 is 0 Å². The molecule has 1 aromatic heterocycles. The molecule has 2 aromatic carbocycles. The zero-order valence-electron chi connectivity index (χ0n) is 9.77. The van der Waals surface area contributed by atoms with E-state index in [1.54, 1.807) is 0 Å². The number of hydrogen-bond donors (Lipinski definition) is 3. The number of nitrogens with two attached hydrogens (primary N) is 1. The van der Waals surface area contributed by atoms with E-state index < -0.39 is 0 Å². The van der Waals surface area contributed by atoms with Crippen LogP contribution in [-0.2, 0) is 0 Å². The molecule has 0 spiro atoms. The van der Waals surface area contributed by atoms with Crippen molar-refractivity contribution in [2.24, 2.45) is 0 Å². The van der Waals surface area contributed by atoms with E-state index >= 15 is 0 Å². The second-order valence-electron chi connectivity index (χ2n) is 4.24. The first-order valence-electron chi connectivity index (χ1n) is 5.76. The van der Waals surface area contributed by atoms with Gasteiger partial charge in [-0.2, -0.15) is 0 Å². The maximum absolute atomic E-state index is 7.25. The van der Waals surface area contributed by atoms with Crippen LogP contribution in [0.5, 0.6) is 0 Å². The third-order valence-corrected chi connectivity index (χ3v) is 3.14. The number of nitrogens with one attached hydrogen (secondary N) is 2. The van der Waals surface area contributed by atoms with Gasteiger partial charge in [-0.3, -0.25) is 0 Å². The first-order chi connectivity index (χ1) is 8.79. The van der Waals surface area contributed by atoms with E-state index in [4.69, 9.17) is 11.1 Å². The topological polar surface area (TPSA) is 65.7 Å². The molecule has 0 atom stereocenters. The van der Waals surface area contributed by atoms with Gasteiger partial charge in [0.15, 0.2) is 0 Å². The third-order valence-electron chi connectivity index (χ3n) is 3.14. The second-order valence-corrected chi connectivity index (χ2v) is 4.24. The van der Waals surface area contributed by atoms with Gasteiger partial charge in [-0.05, 0) is 17.7 Å². The molecule has 4 N–H and O–H groups in total. The number of hydrogen-bond acceptors (Lipinski definition) is 2. The van der Waals surface area contributed by atoms with Crippen LogP contribution < -0.4 is 5.73 Å². The summed E-state index contributed by atoms with van der Waals surface area (Å²) in [5.41, 5.74) is 10.6. The molecule has 0 aliphatic carbocycles. The van der Waals surface area contributed by atoms with E-state index in [9.17, 15) is 0 Å². The lowest BCUT2D eigenvalue weighted by atomic mass is 10.0. The normalized spacial score (nSPS) is 10.7. The van der Waals surface area contributed by atoms with Crippen LogP contribution in [0.15, 0.2) is 48.7 Å². The number of rotatable bonds is 2. The molecule has 0 saturated carbocycles.